The van der Waals surface area contributed by atoms with Crippen LogP contribution in [0.4, 0.5) is 17.3 Å². The summed E-state index contributed by atoms with van der Waals surface area (Å²) in [7, 11) is -1.52. The number of nitrogens with zero attached hydrogens (tertiary/aromatic N) is 4. The van der Waals surface area contributed by atoms with Crippen molar-refractivity contribution < 1.29 is 13.2 Å². The third kappa shape index (κ3) is 4.10. The molecule has 0 aliphatic carbocycles. The third-order valence-electron chi connectivity index (χ3n) is 5.00. The van der Waals surface area contributed by atoms with Crippen molar-refractivity contribution in [1.82, 2.24) is 14.6 Å². The van der Waals surface area contributed by atoms with E-state index < -0.39 is 9.84 Å². The molecule has 1 aliphatic heterocycles. The van der Waals surface area contributed by atoms with Crippen molar-refractivity contribution in [2.75, 3.05) is 36.7 Å². The van der Waals surface area contributed by atoms with E-state index in [1.54, 1.807) is 42.1 Å². The van der Waals surface area contributed by atoms with E-state index in [4.69, 9.17) is 9.72 Å². The highest BCUT2D eigenvalue weighted by Gasteiger charge is 2.27. The number of hydrogen-bond acceptors (Lipinski definition) is 7. The van der Waals surface area contributed by atoms with Crippen molar-refractivity contribution in [3.05, 3.63) is 41.0 Å². The number of nitrogens with one attached hydrogen (secondary N) is 1. The molecule has 0 radical (unpaired) electrons. The van der Waals surface area contributed by atoms with Crippen LogP contribution in [0.5, 0.6) is 0 Å². The van der Waals surface area contributed by atoms with Gasteiger partial charge < -0.3 is 15.0 Å². The van der Waals surface area contributed by atoms with Gasteiger partial charge in [0.1, 0.15) is 11.6 Å². The van der Waals surface area contributed by atoms with Gasteiger partial charge in [0.25, 0.3) is 0 Å². The molecule has 0 spiro atoms. The number of fused-ring (bicyclic) bond motifs is 1. The standard InChI is InChI=1S/C19H22BrN5O3S/c1-28-12-14-4-3-9-24(14)17-10-18(25-19(23-17)16(20)11-21-25)22-13-5-7-15(8-6-13)29(2,26)27/h5-8,10-11,14,22H,3-4,9,12H2,1-2H3/t14-/m1/s1. The average molecular weight is 480 g/mol. The van der Waals surface area contributed by atoms with Crippen LogP contribution >= 0.6 is 15.9 Å². The Morgan fingerprint density at radius 2 is 2.07 bits per heavy atom. The van der Waals surface area contributed by atoms with E-state index in [1.165, 1.54) is 6.26 Å². The Labute approximate surface area is 177 Å². The molecule has 1 N–H and O–H groups in total. The molecule has 1 saturated heterocycles. The van der Waals surface area contributed by atoms with Gasteiger partial charge in [-0.15, -0.1) is 0 Å². The van der Waals surface area contributed by atoms with Gasteiger partial charge in [0.05, 0.1) is 28.2 Å². The maximum absolute atomic E-state index is 11.7. The summed E-state index contributed by atoms with van der Waals surface area (Å²) in [5, 5.41) is 7.74. The van der Waals surface area contributed by atoms with Crippen LogP contribution in [0.3, 0.4) is 0 Å². The van der Waals surface area contributed by atoms with Gasteiger partial charge in [-0.1, -0.05) is 0 Å². The van der Waals surface area contributed by atoms with E-state index in [0.717, 1.165) is 41.2 Å². The number of benzene rings is 1. The number of ether oxygens (including phenoxy) is 1. The van der Waals surface area contributed by atoms with Crippen LogP contribution in [0.1, 0.15) is 12.8 Å². The predicted octanol–water partition coefficient (Wildman–Crippen LogP) is 3.25. The Bertz CT molecular complexity index is 1130. The van der Waals surface area contributed by atoms with Gasteiger partial charge in [-0.25, -0.2) is 13.4 Å². The summed E-state index contributed by atoms with van der Waals surface area (Å²) in [4.78, 5) is 7.35. The van der Waals surface area contributed by atoms with E-state index in [9.17, 15) is 8.42 Å². The van der Waals surface area contributed by atoms with E-state index in [2.05, 4.69) is 31.2 Å². The first-order valence-electron chi connectivity index (χ1n) is 9.24. The second-order valence-corrected chi connectivity index (χ2v) is 9.96. The monoisotopic (exact) mass is 479 g/mol. The average Bonchev–Trinajstić information content (AvgIpc) is 3.29. The molecule has 3 heterocycles. The number of halogens is 1. The van der Waals surface area contributed by atoms with Crippen molar-refractivity contribution in [3.8, 4) is 0 Å². The molecule has 1 aromatic carbocycles. The number of rotatable bonds is 6. The van der Waals surface area contributed by atoms with Gasteiger partial charge in [0.15, 0.2) is 15.5 Å². The fraction of sp³-hybridized carbons (Fsp3) is 0.368. The maximum atomic E-state index is 11.7. The largest absolute Gasteiger partial charge is 0.383 e. The lowest BCUT2D eigenvalue weighted by molar-refractivity contribution is 0.180. The highest BCUT2D eigenvalue weighted by molar-refractivity contribution is 9.10. The molecule has 29 heavy (non-hydrogen) atoms. The summed E-state index contributed by atoms with van der Waals surface area (Å²) >= 11 is 3.52. The number of hydrogen-bond donors (Lipinski definition) is 1. The van der Waals surface area contributed by atoms with E-state index >= 15 is 0 Å². The zero-order valence-electron chi connectivity index (χ0n) is 16.2. The van der Waals surface area contributed by atoms with Crippen molar-refractivity contribution >= 4 is 48.7 Å². The van der Waals surface area contributed by atoms with Crippen molar-refractivity contribution in [2.24, 2.45) is 0 Å². The quantitative estimate of drug-likeness (QED) is 0.580. The van der Waals surface area contributed by atoms with Crippen LogP contribution in [-0.2, 0) is 14.6 Å². The summed E-state index contributed by atoms with van der Waals surface area (Å²) < 4.78 is 31.3. The predicted molar refractivity (Wildman–Crippen MR) is 116 cm³/mol. The van der Waals surface area contributed by atoms with Crippen LogP contribution in [0, 0.1) is 0 Å². The molecule has 0 saturated carbocycles. The molecule has 1 aliphatic rings. The third-order valence-corrected chi connectivity index (χ3v) is 6.69. The van der Waals surface area contributed by atoms with E-state index in [0.29, 0.717) is 18.3 Å². The Morgan fingerprint density at radius 1 is 1.31 bits per heavy atom. The van der Waals surface area contributed by atoms with Crippen LogP contribution in [0.2, 0.25) is 0 Å². The smallest absolute Gasteiger partial charge is 0.175 e. The first-order chi connectivity index (χ1) is 13.9. The fourth-order valence-electron chi connectivity index (χ4n) is 3.60. The van der Waals surface area contributed by atoms with Crippen molar-refractivity contribution in [3.63, 3.8) is 0 Å². The zero-order valence-corrected chi connectivity index (χ0v) is 18.6. The normalized spacial score (nSPS) is 17.2. The first kappa shape index (κ1) is 20.1. The molecule has 1 atom stereocenters. The van der Waals surface area contributed by atoms with Gasteiger partial charge in [-0.05, 0) is 53.0 Å². The molecular weight excluding hydrogens is 458 g/mol. The number of aromatic nitrogens is 3. The highest BCUT2D eigenvalue weighted by atomic mass is 79.9. The Morgan fingerprint density at radius 3 is 2.76 bits per heavy atom. The number of anilines is 3. The van der Waals surface area contributed by atoms with Crippen molar-refractivity contribution in [2.45, 2.75) is 23.8 Å². The van der Waals surface area contributed by atoms with Gasteiger partial charge >= 0.3 is 0 Å². The fourth-order valence-corrected chi connectivity index (χ4v) is 4.57. The van der Waals surface area contributed by atoms with Crippen LogP contribution in [-0.4, -0.2) is 55.6 Å². The minimum absolute atomic E-state index is 0.282. The molecule has 10 heteroatoms. The Hall–Kier alpha value is -2.17. The van der Waals surface area contributed by atoms with Gasteiger partial charge in [0, 0.05) is 31.7 Å². The van der Waals surface area contributed by atoms with Crippen molar-refractivity contribution in [1.29, 1.82) is 0 Å². The lowest BCUT2D eigenvalue weighted by Gasteiger charge is -2.26. The molecule has 3 aromatic rings. The molecule has 154 valence electrons. The Kier molecular flexibility index (Phi) is 5.50. The summed E-state index contributed by atoms with van der Waals surface area (Å²) in [6.07, 6.45) is 5.07. The molecule has 0 amide bonds. The topological polar surface area (TPSA) is 88.8 Å². The van der Waals surface area contributed by atoms with Gasteiger partial charge in [0.2, 0.25) is 0 Å². The van der Waals surface area contributed by atoms with Crippen LogP contribution < -0.4 is 10.2 Å². The van der Waals surface area contributed by atoms with E-state index in [-0.39, 0.29) is 4.90 Å². The second kappa shape index (κ2) is 7.92. The Balaban J connectivity index is 1.72. The molecule has 0 bridgehead atoms. The number of methoxy groups -OCH3 is 1. The molecule has 0 unspecified atom stereocenters. The molecule has 4 rings (SSSR count). The summed E-state index contributed by atoms with van der Waals surface area (Å²) in [5.74, 6) is 1.60. The minimum atomic E-state index is -3.23. The van der Waals surface area contributed by atoms with Gasteiger partial charge in [-0.3, -0.25) is 0 Å². The first-order valence-corrected chi connectivity index (χ1v) is 11.9. The molecule has 8 nitrogen and oxygen atoms in total. The summed E-state index contributed by atoms with van der Waals surface area (Å²) in [6.45, 7) is 1.58. The molecule has 1 fully saturated rings. The van der Waals surface area contributed by atoms with Crippen LogP contribution in [0.15, 0.2) is 45.9 Å². The minimum Gasteiger partial charge on any atom is -0.383 e. The summed E-state index contributed by atoms with van der Waals surface area (Å²) in [6, 6.07) is 8.91. The molecular formula is C19H22BrN5O3S. The zero-order chi connectivity index (χ0) is 20.6. The number of sulfone groups is 1. The van der Waals surface area contributed by atoms with Crippen LogP contribution in [0.25, 0.3) is 5.65 Å². The summed E-state index contributed by atoms with van der Waals surface area (Å²) in [5.41, 5.74) is 1.47. The maximum Gasteiger partial charge on any atom is 0.175 e. The lowest BCUT2D eigenvalue weighted by atomic mass is 10.2. The van der Waals surface area contributed by atoms with E-state index in [1.807, 2.05) is 6.07 Å². The SMILES string of the molecule is COC[C@H]1CCCN1c1cc(Nc2ccc(S(C)(=O)=O)cc2)n2ncc(Br)c2n1. The lowest BCUT2D eigenvalue weighted by Crippen LogP contribution is -2.33. The highest BCUT2D eigenvalue weighted by Crippen LogP contribution is 2.30. The second-order valence-electron chi connectivity index (χ2n) is 7.09. The van der Waals surface area contributed by atoms with Gasteiger partial charge in [-0.2, -0.15) is 9.61 Å². The molecule has 2 aromatic heterocycles.